The van der Waals surface area contributed by atoms with E-state index < -0.39 is 10.0 Å². The second-order valence-corrected chi connectivity index (χ2v) is 8.33. The topological polar surface area (TPSA) is 49.4 Å². The lowest BCUT2D eigenvalue weighted by Crippen LogP contribution is -2.47. The summed E-state index contributed by atoms with van der Waals surface area (Å²) >= 11 is 1.51. The lowest BCUT2D eigenvalue weighted by atomic mass is 10.0. The number of sulfonamides is 1. The molecule has 0 radical (unpaired) electrons. The van der Waals surface area contributed by atoms with Crippen LogP contribution in [0.15, 0.2) is 16.3 Å². The standard InChI is InChI=1S/C14H24N2O2S2/c1-4-15-9-13-8-14(10-19-13)20(17,18)16-11(2)6-5-7-12(16)3/h8,10-12,15H,4-7,9H2,1-3H3. The highest BCUT2D eigenvalue weighted by atomic mass is 32.2. The van der Waals surface area contributed by atoms with Crippen molar-refractivity contribution in [3.05, 3.63) is 16.3 Å². The normalized spacial score (nSPS) is 24.9. The van der Waals surface area contributed by atoms with Gasteiger partial charge in [0.2, 0.25) is 10.0 Å². The van der Waals surface area contributed by atoms with Crippen molar-refractivity contribution in [2.75, 3.05) is 6.54 Å². The van der Waals surface area contributed by atoms with Crippen LogP contribution in [0.25, 0.3) is 0 Å². The van der Waals surface area contributed by atoms with Crippen LogP contribution in [-0.2, 0) is 16.6 Å². The summed E-state index contributed by atoms with van der Waals surface area (Å²) in [6.07, 6.45) is 3.03. The number of piperidine rings is 1. The van der Waals surface area contributed by atoms with Crippen molar-refractivity contribution in [3.63, 3.8) is 0 Å². The Hall–Kier alpha value is -0.430. The summed E-state index contributed by atoms with van der Waals surface area (Å²) in [6.45, 7) is 7.70. The molecule has 4 nitrogen and oxygen atoms in total. The molecule has 0 spiro atoms. The lowest BCUT2D eigenvalue weighted by Gasteiger charge is -2.37. The molecule has 2 heterocycles. The molecule has 1 aromatic heterocycles. The molecule has 0 saturated carbocycles. The first-order chi connectivity index (χ1) is 9.46. The molecule has 20 heavy (non-hydrogen) atoms. The molecule has 1 aromatic rings. The molecule has 1 aliphatic rings. The van der Waals surface area contributed by atoms with E-state index in [1.54, 1.807) is 9.69 Å². The van der Waals surface area contributed by atoms with Gasteiger partial charge in [0.1, 0.15) is 0 Å². The summed E-state index contributed by atoms with van der Waals surface area (Å²) < 4.78 is 27.3. The van der Waals surface area contributed by atoms with Crippen molar-refractivity contribution in [2.45, 2.75) is 63.6 Å². The minimum absolute atomic E-state index is 0.0980. The van der Waals surface area contributed by atoms with Crippen LogP contribution in [0.4, 0.5) is 0 Å². The minimum atomic E-state index is -3.35. The van der Waals surface area contributed by atoms with Gasteiger partial charge in [-0.05, 0) is 39.3 Å². The maximum Gasteiger partial charge on any atom is 0.244 e. The van der Waals surface area contributed by atoms with Crippen LogP contribution in [0.3, 0.4) is 0 Å². The fourth-order valence-corrected chi connectivity index (χ4v) is 5.94. The van der Waals surface area contributed by atoms with Crippen LogP contribution in [0, 0.1) is 0 Å². The van der Waals surface area contributed by atoms with Gasteiger partial charge in [-0.2, -0.15) is 4.31 Å². The molecule has 2 unspecified atom stereocenters. The van der Waals surface area contributed by atoms with Crippen LogP contribution < -0.4 is 5.32 Å². The third-order valence-corrected chi connectivity index (χ3v) is 7.06. The molecule has 1 N–H and O–H groups in total. The molecule has 2 atom stereocenters. The third kappa shape index (κ3) is 3.24. The Bertz CT molecular complexity index is 529. The Morgan fingerprint density at radius 2 is 2.00 bits per heavy atom. The summed E-state index contributed by atoms with van der Waals surface area (Å²) in [7, 11) is -3.35. The number of hydrogen-bond donors (Lipinski definition) is 1. The highest BCUT2D eigenvalue weighted by molar-refractivity contribution is 7.89. The minimum Gasteiger partial charge on any atom is -0.312 e. The SMILES string of the molecule is CCNCc1cc(S(=O)(=O)N2C(C)CCCC2C)cs1. The first-order valence-electron chi connectivity index (χ1n) is 7.28. The second-order valence-electron chi connectivity index (χ2n) is 5.49. The monoisotopic (exact) mass is 316 g/mol. The van der Waals surface area contributed by atoms with E-state index in [9.17, 15) is 8.42 Å². The van der Waals surface area contributed by atoms with Crippen LogP contribution in [-0.4, -0.2) is 31.4 Å². The van der Waals surface area contributed by atoms with E-state index >= 15 is 0 Å². The molecule has 6 heteroatoms. The largest absolute Gasteiger partial charge is 0.312 e. The van der Waals surface area contributed by atoms with Gasteiger partial charge in [-0.25, -0.2) is 8.42 Å². The van der Waals surface area contributed by atoms with Gasteiger partial charge in [0.25, 0.3) is 0 Å². The quantitative estimate of drug-likeness (QED) is 0.909. The molecule has 1 aliphatic heterocycles. The molecule has 1 saturated heterocycles. The molecule has 0 aromatic carbocycles. The molecular formula is C14H24N2O2S2. The highest BCUT2D eigenvalue weighted by Gasteiger charge is 2.36. The van der Waals surface area contributed by atoms with Gasteiger partial charge in [0.05, 0.1) is 4.90 Å². The fourth-order valence-electron chi connectivity index (χ4n) is 2.83. The average molecular weight is 316 g/mol. The average Bonchev–Trinajstić information content (AvgIpc) is 2.85. The Morgan fingerprint density at radius 3 is 2.60 bits per heavy atom. The number of hydrogen-bond acceptors (Lipinski definition) is 4. The van der Waals surface area contributed by atoms with E-state index in [0.29, 0.717) is 4.90 Å². The Morgan fingerprint density at radius 1 is 1.35 bits per heavy atom. The molecule has 2 rings (SSSR count). The fraction of sp³-hybridized carbons (Fsp3) is 0.714. The van der Waals surface area contributed by atoms with Gasteiger partial charge < -0.3 is 5.32 Å². The smallest absolute Gasteiger partial charge is 0.244 e. The van der Waals surface area contributed by atoms with Crippen LogP contribution in [0.1, 0.15) is 44.9 Å². The maximum absolute atomic E-state index is 12.8. The predicted molar refractivity (Wildman–Crippen MR) is 83.5 cm³/mol. The predicted octanol–water partition coefficient (Wildman–Crippen LogP) is 2.81. The Kier molecular flexibility index (Phi) is 5.23. The van der Waals surface area contributed by atoms with E-state index in [1.165, 1.54) is 11.3 Å². The van der Waals surface area contributed by atoms with Gasteiger partial charge >= 0.3 is 0 Å². The Labute approximate surface area is 126 Å². The lowest BCUT2D eigenvalue weighted by molar-refractivity contribution is 0.204. The van der Waals surface area contributed by atoms with E-state index in [1.807, 2.05) is 26.8 Å². The zero-order valence-electron chi connectivity index (χ0n) is 12.4. The molecule has 114 valence electrons. The summed E-state index contributed by atoms with van der Waals surface area (Å²) in [6, 6.07) is 2.01. The van der Waals surface area contributed by atoms with E-state index in [4.69, 9.17) is 0 Å². The van der Waals surface area contributed by atoms with Crippen molar-refractivity contribution >= 4 is 21.4 Å². The molecular weight excluding hydrogens is 292 g/mol. The van der Waals surface area contributed by atoms with E-state index in [2.05, 4.69) is 5.32 Å². The van der Waals surface area contributed by atoms with Crippen LogP contribution in [0.5, 0.6) is 0 Å². The first kappa shape index (κ1) is 15.9. The molecule has 0 amide bonds. The van der Waals surface area contributed by atoms with Crippen LogP contribution >= 0.6 is 11.3 Å². The summed E-state index contributed by atoms with van der Waals surface area (Å²) in [5.74, 6) is 0. The van der Waals surface area contributed by atoms with Gasteiger partial charge in [0, 0.05) is 28.9 Å². The number of nitrogens with zero attached hydrogens (tertiary/aromatic N) is 1. The van der Waals surface area contributed by atoms with Gasteiger partial charge in [0.15, 0.2) is 0 Å². The summed E-state index contributed by atoms with van der Waals surface area (Å²) in [5.41, 5.74) is 0. The third-order valence-electron chi connectivity index (χ3n) is 3.87. The second kappa shape index (κ2) is 6.56. The summed E-state index contributed by atoms with van der Waals surface area (Å²) in [4.78, 5) is 1.53. The maximum atomic E-state index is 12.8. The number of nitrogens with one attached hydrogen (secondary N) is 1. The Balaban J connectivity index is 2.22. The van der Waals surface area contributed by atoms with Gasteiger partial charge in [-0.1, -0.05) is 13.3 Å². The zero-order valence-corrected chi connectivity index (χ0v) is 14.1. The highest BCUT2D eigenvalue weighted by Crippen LogP contribution is 2.31. The molecule has 0 bridgehead atoms. The van der Waals surface area contributed by atoms with Gasteiger partial charge in [-0.15, -0.1) is 11.3 Å². The molecule has 1 fully saturated rings. The number of thiophene rings is 1. The zero-order chi connectivity index (χ0) is 14.8. The van der Waals surface area contributed by atoms with Crippen LogP contribution in [0.2, 0.25) is 0 Å². The first-order valence-corrected chi connectivity index (χ1v) is 9.60. The molecule has 0 aliphatic carbocycles. The van der Waals surface area contributed by atoms with E-state index in [-0.39, 0.29) is 12.1 Å². The summed E-state index contributed by atoms with van der Waals surface area (Å²) in [5, 5.41) is 5.00. The van der Waals surface area contributed by atoms with Crippen molar-refractivity contribution < 1.29 is 8.42 Å². The van der Waals surface area contributed by atoms with Crippen molar-refractivity contribution in [2.24, 2.45) is 0 Å². The van der Waals surface area contributed by atoms with E-state index in [0.717, 1.165) is 37.2 Å². The van der Waals surface area contributed by atoms with Gasteiger partial charge in [-0.3, -0.25) is 0 Å². The van der Waals surface area contributed by atoms with Crippen molar-refractivity contribution in [1.82, 2.24) is 9.62 Å². The number of rotatable bonds is 5. The van der Waals surface area contributed by atoms with Crippen molar-refractivity contribution in [1.29, 1.82) is 0 Å². The van der Waals surface area contributed by atoms with Crippen molar-refractivity contribution in [3.8, 4) is 0 Å².